The summed E-state index contributed by atoms with van der Waals surface area (Å²) in [6.07, 6.45) is 3.15. The largest absolute Gasteiger partial charge is 0.383 e. The van der Waals surface area contributed by atoms with Crippen LogP contribution in [0.2, 0.25) is 5.02 Å². The van der Waals surface area contributed by atoms with Crippen LogP contribution in [0.15, 0.2) is 28.2 Å². The Bertz CT molecular complexity index is 407. The normalized spacial score (nSPS) is 11.9. The number of rotatable bonds is 7. The molecule has 0 atom stereocenters. The molecule has 0 saturated carbocycles. The van der Waals surface area contributed by atoms with Gasteiger partial charge in [-0.3, -0.25) is 0 Å². The third kappa shape index (κ3) is 5.53. The third-order valence-corrected chi connectivity index (χ3v) is 3.43. The van der Waals surface area contributed by atoms with Gasteiger partial charge in [-0.05, 0) is 24.1 Å². The minimum atomic E-state index is 0.732. The number of ether oxygens (including phenoxy) is 1. The van der Waals surface area contributed by atoms with Gasteiger partial charge in [0.05, 0.1) is 6.61 Å². The van der Waals surface area contributed by atoms with Crippen molar-refractivity contribution in [3.05, 3.63) is 38.8 Å². The van der Waals surface area contributed by atoms with Crippen molar-refractivity contribution >= 4 is 33.6 Å². The lowest BCUT2D eigenvalue weighted by Gasteiger charge is -2.08. The van der Waals surface area contributed by atoms with Crippen LogP contribution in [0, 0.1) is 0 Å². The molecule has 1 aromatic carbocycles. The molecule has 4 heteroatoms. The van der Waals surface area contributed by atoms with Gasteiger partial charge in [-0.1, -0.05) is 52.2 Å². The van der Waals surface area contributed by atoms with Crippen molar-refractivity contribution in [2.75, 3.05) is 26.8 Å². The Labute approximate surface area is 122 Å². The van der Waals surface area contributed by atoms with Gasteiger partial charge in [-0.15, -0.1) is 0 Å². The highest BCUT2D eigenvalue weighted by molar-refractivity contribution is 9.10. The van der Waals surface area contributed by atoms with E-state index < -0.39 is 0 Å². The Morgan fingerprint density at radius 1 is 1.50 bits per heavy atom. The van der Waals surface area contributed by atoms with E-state index in [0.717, 1.165) is 41.2 Å². The summed E-state index contributed by atoms with van der Waals surface area (Å²) in [5, 5.41) is 4.11. The van der Waals surface area contributed by atoms with E-state index in [1.165, 1.54) is 5.57 Å². The first-order chi connectivity index (χ1) is 8.67. The zero-order valence-electron chi connectivity index (χ0n) is 10.8. The zero-order valence-corrected chi connectivity index (χ0v) is 13.1. The molecule has 0 spiro atoms. The number of hydrogen-bond acceptors (Lipinski definition) is 2. The van der Waals surface area contributed by atoms with Gasteiger partial charge >= 0.3 is 0 Å². The SMILES string of the molecule is CC/C(=C/c1ccc(Br)cc1Cl)CNCCOC. The van der Waals surface area contributed by atoms with Crippen LogP contribution in [0.1, 0.15) is 18.9 Å². The van der Waals surface area contributed by atoms with Crippen LogP contribution in [-0.2, 0) is 4.74 Å². The second-order valence-corrected chi connectivity index (χ2v) is 5.31. The van der Waals surface area contributed by atoms with Crippen molar-refractivity contribution in [3.63, 3.8) is 0 Å². The minimum absolute atomic E-state index is 0.732. The van der Waals surface area contributed by atoms with Crippen LogP contribution >= 0.6 is 27.5 Å². The summed E-state index contributed by atoms with van der Waals surface area (Å²) in [7, 11) is 1.71. The number of benzene rings is 1. The second kappa shape index (κ2) is 8.70. The summed E-state index contributed by atoms with van der Waals surface area (Å²) in [5.74, 6) is 0. The number of nitrogens with one attached hydrogen (secondary N) is 1. The Kier molecular flexibility index (Phi) is 7.59. The van der Waals surface area contributed by atoms with Gasteiger partial charge in [0, 0.05) is 29.7 Å². The molecule has 2 nitrogen and oxygen atoms in total. The van der Waals surface area contributed by atoms with Gasteiger partial charge in [0.2, 0.25) is 0 Å². The van der Waals surface area contributed by atoms with Gasteiger partial charge in [-0.2, -0.15) is 0 Å². The van der Waals surface area contributed by atoms with Crippen molar-refractivity contribution in [2.24, 2.45) is 0 Å². The Hall–Kier alpha value is -0.350. The summed E-state index contributed by atoms with van der Waals surface area (Å²) < 4.78 is 6.00. The quantitative estimate of drug-likeness (QED) is 0.758. The van der Waals surface area contributed by atoms with Crippen LogP contribution in [0.4, 0.5) is 0 Å². The number of hydrogen-bond donors (Lipinski definition) is 1. The average molecular weight is 333 g/mol. The highest BCUT2D eigenvalue weighted by Crippen LogP contribution is 2.23. The van der Waals surface area contributed by atoms with Crippen LogP contribution in [0.25, 0.3) is 6.08 Å². The van der Waals surface area contributed by atoms with Crippen LogP contribution in [-0.4, -0.2) is 26.8 Å². The summed E-state index contributed by atoms with van der Waals surface area (Å²) in [4.78, 5) is 0. The summed E-state index contributed by atoms with van der Waals surface area (Å²) in [6.45, 7) is 4.61. The van der Waals surface area contributed by atoms with E-state index in [-0.39, 0.29) is 0 Å². The molecule has 0 saturated heterocycles. The molecule has 0 aromatic heterocycles. The number of halogens is 2. The molecule has 0 aliphatic rings. The fraction of sp³-hybridized carbons (Fsp3) is 0.429. The van der Waals surface area contributed by atoms with Crippen molar-refractivity contribution in [2.45, 2.75) is 13.3 Å². The monoisotopic (exact) mass is 331 g/mol. The molecule has 0 bridgehead atoms. The molecule has 18 heavy (non-hydrogen) atoms. The van der Waals surface area contributed by atoms with E-state index in [4.69, 9.17) is 16.3 Å². The van der Waals surface area contributed by atoms with Crippen molar-refractivity contribution in [1.82, 2.24) is 5.32 Å². The highest BCUT2D eigenvalue weighted by Gasteiger charge is 2.00. The molecule has 1 rings (SSSR count). The predicted molar refractivity (Wildman–Crippen MR) is 82.2 cm³/mol. The van der Waals surface area contributed by atoms with E-state index in [1.54, 1.807) is 7.11 Å². The summed E-state index contributed by atoms with van der Waals surface area (Å²) >= 11 is 9.61. The predicted octanol–water partition coefficient (Wildman–Crippen LogP) is 4.13. The van der Waals surface area contributed by atoms with E-state index in [2.05, 4.69) is 34.2 Å². The Balaban J connectivity index is 2.65. The molecule has 1 aromatic rings. The second-order valence-electron chi connectivity index (χ2n) is 3.99. The molecule has 0 aliphatic carbocycles. The standard InChI is InChI=1S/C14H19BrClNO/c1-3-11(10-17-6-7-18-2)8-12-4-5-13(15)9-14(12)16/h4-5,8-9,17H,3,6-7,10H2,1-2H3/b11-8-. The molecule has 0 fully saturated rings. The molecule has 1 N–H and O–H groups in total. The van der Waals surface area contributed by atoms with E-state index in [1.807, 2.05) is 18.2 Å². The molecule has 0 aliphatic heterocycles. The van der Waals surface area contributed by atoms with Crippen LogP contribution in [0.3, 0.4) is 0 Å². The zero-order chi connectivity index (χ0) is 13.4. The lowest BCUT2D eigenvalue weighted by atomic mass is 10.1. The molecule has 100 valence electrons. The van der Waals surface area contributed by atoms with Gasteiger partial charge in [0.1, 0.15) is 0 Å². The lowest BCUT2D eigenvalue weighted by Crippen LogP contribution is -2.21. The first kappa shape index (κ1) is 15.7. The average Bonchev–Trinajstić information content (AvgIpc) is 2.35. The van der Waals surface area contributed by atoms with E-state index >= 15 is 0 Å². The Morgan fingerprint density at radius 3 is 2.89 bits per heavy atom. The lowest BCUT2D eigenvalue weighted by molar-refractivity contribution is 0.200. The first-order valence-electron chi connectivity index (χ1n) is 6.01. The van der Waals surface area contributed by atoms with Gasteiger partial charge in [0.25, 0.3) is 0 Å². The first-order valence-corrected chi connectivity index (χ1v) is 7.18. The van der Waals surface area contributed by atoms with Gasteiger partial charge in [0.15, 0.2) is 0 Å². The van der Waals surface area contributed by atoms with Crippen molar-refractivity contribution < 1.29 is 4.74 Å². The van der Waals surface area contributed by atoms with E-state index in [9.17, 15) is 0 Å². The van der Waals surface area contributed by atoms with E-state index in [0.29, 0.717) is 0 Å². The maximum absolute atomic E-state index is 6.20. The van der Waals surface area contributed by atoms with Crippen LogP contribution in [0.5, 0.6) is 0 Å². The third-order valence-electron chi connectivity index (χ3n) is 2.61. The molecule has 0 heterocycles. The maximum atomic E-state index is 6.20. The smallest absolute Gasteiger partial charge is 0.0587 e. The maximum Gasteiger partial charge on any atom is 0.0587 e. The topological polar surface area (TPSA) is 21.3 Å². The summed E-state index contributed by atoms with van der Waals surface area (Å²) in [6, 6.07) is 5.94. The van der Waals surface area contributed by atoms with Gasteiger partial charge in [-0.25, -0.2) is 0 Å². The fourth-order valence-corrected chi connectivity index (χ4v) is 2.27. The molecular formula is C14H19BrClNO. The minimum Gasteiger partial charge on any atom is -0.383 e. The summed E-state index contributed by atoms with van der Waals surface area (Å²) in [5.41, 5.74) is 2.39. The molecular weight excluding hydrogens is 314 g/mol. The van der Waals surface area contributed by atoms with Crippen molar-refractivity contribution in [3.8, 4) is 0 Å². The van der Waals surface area contributed by atoms with Gasteiger partial charge < -0.3 is 10.1 Å². The molecule has 0 radical (unpaired) electrons. The number of methoxy groups -OCH3 is 1. The fourth-order valence-electron chi connectivity index (χ4n) is 1.54. The molecule has 0 amide bonds. The van der Waals surface area contributed by atoms with Crippen LogP contribution < -0.4 is 5.32 Å². The molecule has 0 unspecified atom stereocenters. The highest BCUT2D eigenvalue weighted by atomic mass is 79.9. The van der Waals surface area contributed by atoms with Crippen molar-refractivity contribution in [1.29, 1.82) is 0 Å². The Morgan fingerprint density at radius 2 is 2.28 bits per heavy atom.